The Hall–Kier alpha value is -3.22. The van der Waals surface area contributed by atoms with E-state index in [1.807, 2.05) is 24.6 Å². The van der Waals surface area contributed by atoms with Crippen LogP contribution in [0.5, 0.6) is 0 Å². The van der Waals surface area contributed by atoms with Crippen molar-refractivity contribution in [3.05, 3.63) is 63.5 Å². The molecule has 0 aliphatic rings. The minimum absolute atomic E-state index is 0.134. The SMILES string of the molecule is CCCc1nc2ccc(C(=O)Nc3ccccc3[N+](=O)[O-])c(C)c2n1C. The molecule has 134 valence electrons. The molecule has 1 N–H and O–H groups in total. The van der Waals surface area contributed by atoms with Crippen molar-refractivity contribution in [1.82, 2.24) is 9.55 Å². The van der Waals surface area contributed by atoms with Crippen LogP contribution in [0.3, 0.4) is 0 Å². The Bertz CT molecular complexity index is 1010. The number of benzene rings is 2. The molecule has 0 atom stereocenters. The number of nitrogens with zero attached hydrogens (tertiary/aromatic N) is 3. The lowest BCUT2D eigenvalue weighted by atomic mass is 10.1. The van der Waals surface area contributed by atoms with Crippen LogP contribution in [-0.4, -0.2) is 20.4 Å². The fourth-order valence-electron chi connectivity index (χ4n) is 3.16. The van der Waals surface area contributed by atoms with Gasteiger partial charge in [-0.25, -0.2) is 4.98 Å². The molecule has 0 aliphatic carbocycles. The highest BCUT2D eigenvalue weighted by atomic mass is 16.6. The van der Waals surface area contributed by atoms with Crippen LogP contribution >= 0.6 is 0 Å². The smallest absolute Gasteiger partial charge is 0.292 e. The number of hydrogen-bond acceptors (Lipinski definition) is 4. The van der Waals surface area contributed by atoms with Crippen molar-refractivity contribution in [3.63, 3.8) is 0 Å². The number of fused-ring (bicyclic) bond motifs is 1. The summed E-state index contributed by atoms with van der Waals surface area (Å²) in [7, 11) is 1.94. The number of anilines is 1. The summed E-state index contributed by atoms with van der Waals surface area (Å²) in [5.41, 5.74) is 3.07. The van der Waals surface area contributed by atoms with E-state index >= 15 is 0 Å². The first-order chi connectivity index (χ1) is 12.4. The number of amides is 1. The normalized spacial score (nSPS) is 10.9. The van der Waals surface area contributed by atoms with E-state index in [2.05, 4.69) is 17.2 Å². The topological polar surface area (TPSA) is 90.1 Å². The first-order valence-electron chi connectivity index (χ1n) is 8.43. The average Bonchev–Trinajstić information content (AvgIpc) is 2.92. The maximum Gasteiger partial charge on any atom is 0.292 e. The third-order valence-corrected chi connectivity index (χ3v) is 4.45. The molecule has 7 heteroatoms. The number of aryl methyl sites for hydroxylation is 3. The molecule has 26 heavy (non-hydrogen) atoms. The zero-order valence-corrected chi connectivity index (χ0v) is 14.9. The van der Waals surface area contributed by atoms with Crippen molar-refractivity contribution < 1.29 is 9.72 Å². The van der Waals surface area contributed by atoms with Crippen molar-refractivity contribution >= 4 is 28.3 Å². The van der Waals surface area contributed by atoms with Gasteiger partial charge in [0.15, 0.2) is 0 Å². The first kappa shape index (κ1) is 17.6. The number of carbonyl (C=O) groups is 1. The highest BCUT2D eigenvalue weighted by Gasteiger charge is 2.19. The molecule has 0 spiro atoms. The Balaban J connectivity index is 2.00. The molecule has 0 fully saturated rings. The number of para-hydroxylation sites is 2. The largest absolute Gasteiger partial charge is 0.331 e. The van der Waals surface area contributed by atoms with E-state index in [0.717, 1.165) is 35.3 Å². The van der Waals surface area contributed by atoms with Gasteiger partial charge in [0, 0.05) is 25.1 Å². The van der Waals surface area contributed by atoms with E-state index in [-0.39, 0.29) is 17.3 Å². The zero-order valence-electron chi connectivity index (χ0n) is 14.9. The zero-order chi connectivity index (χ0) is 18.8. The van der Waals surface area contributed by atoms with Crippen LogP contribution in [-0.2, 0) is 13.5 Å². The maximum atomic E-state index is 12.7. The van der Waals surface area contributed by atoms with Gasteiger partial charge in [0.1, 0.15) is 11.5 Å². The quantitative estimate of drug-likeness (QED) is 0.555. The molecule has 1 amide bonds. The minimum Gasteiger partial charge on any atom is -0.331 e. The summed E-state index contributed by atoms with van der Waals surface area (Å²) < 4.78 is 2.01. The number of imidazole rings is 1. The fraction of sp³-hybridized carbons (Fsp3) is 0.263. The molecule has 0 radical (unpaired) electrons. The summed E-state index contributed by atoms with van der Waals surface area (Å²) in [6.45, 7) is 3.96. The third-order valence-electron chi connectivity index (χ3n) is 4.45. The van der Waals surface area contributed by atoms with E-state index in [4.69, 9.17) is 0 Å². The summed E-state index contributed by atoms with van der Waals surface area (Å²) in [5.74, 6) is 0.596. The van der Waals surface area contributed by atoms with Crippen LogP contribution in [0.2, 0.25) is 0 Å². The van der Waals surface area contributed by atoms with Crippen molar-refractivity contribution in [2.24, 2.45) is 7.05 Å². The number of rotatable bonds is 5. The number of nitro benzene ring substituents is 1. The van der Waals surface area contributed by atoms with Gasteiger partial charge in [-0.15, -0.1) is 0 Å². The van der Waals surface area contributed by atoms with E-state index in [1.165, 1.54) is 12.1 Å². The Morgan fingerprint density at radius 1 is 1.27 bits per heavy atom. The van der Waals surface area contributed by atoms with Crippen LogP contribution < -0.4 is 5.32 Å². The molecule has 1 aromatic heterocycles. The monoisotopic (exact) mass is 352 g/mol. The number of nitro groups is 1. The third kappa shape index (κ3) is 3.03. The van der Waals surface area contributed by atoms with Gasteiger partial charge in [0.05, 0.1) is 16.0 Å². The van der Waals surface area contributed by atoms with Crippen molar-refractivity contribution in [1.29, 1.82) is 0 Å². The Morgan fingerprint density at radius 2 is 2.00 bits per heavy atom. The van der Waals surface area contributed by atoms with Gasteiger partial charge in [0.2, 0.25) is 0 Å². The molecule has 2 aromatic carbocycles. The predicted molar refractivity (Wildman–Crippen MR) is 100 cm³/mol. The first-order valence-corrected chi connectivity index (χ1v) is 8.43. The average molecular weight is 352 g/mol. The second-order valence-electron chi connectivity index (χ2n) is 6.17. The van der Waals surface area contributed by atoms with Crippen molar-refractivity contribution in [2.75, 3.05) is 5.32 Å². The summed E-state index contributed by atoms with van der Waals surface area (Å²) >= 11 is 0. The number of hydrogen-bond donors (Lipinski definition) is 1. The Kier molecular flexibility index (Phi) is 4.71. The molecule has 3 rings (SSSR count). The summed E-state index contributed by atoms with van der Waals surface area (Å²) in [5, 5.41) is 13.8. The van der Waals surface area contributed by atoms with Gasteiger partial charge >= 0.3 is 0 Å². The molecule has 3 aromatic rings. The maximum absolute atomic E-state index is 12.7. The van der Waals surface area contributed by atoms with Gasteiger partial charge in [0.25, 0.3) is 11.6 Å². The highest BCUT2D eigenvalue weighted by molar-refractivity contribution is 6.08. The van der Waals surface area contributed by atoms with Crippen molar-refractivity contribution in [3.8, 4) is 0 Å². The molecular weight excluding hydrogens is 332 g/mol. The molecule has 0 bridgehead atoms. The predicted octanol–water partition coefficient (Wildman–Crippen LogP) is 3.99. The molecule has 7 nitrogen and oxygen atoms in total. The van der Waals surface area contributed by atoms with E-state index in [9.17, 15) is 14.9 Å². The molecule has 0 saturated carbocycles. The standard InChI is InChI=1S/C19H20N4O3/c1-4-7-17-20-15-11-10-13(12(2)18(15)22(17)3)19(24)21-14-8-5-6-9-16(14)23(25)26/h5-6,8-11H,4,7H2,1-3H3,(H,21,24). The Morgan fingerprint density at radius 3 is 2.69 bits per heavy atom. The summed E-state index contributed by atoms with van der Waals surface area (Å²) in [4.78, 5) is 28.0. The lowest BCUT2D eigenvalue weighted by Gasteiger charge is -2.10. The van der Waals surface area contributed by atoms with Crippen molar-refractivity contribution in [2.45, 2.75) is 26.7 Å². The van der Waals surface area contributed by atoms with Crippen LogP contribution in [0.4, 0.5) is 11.4 Å². The van der Waals surface area contributed by atoms with E-state index in [0.29, 0.717) is 5.56 Å². The van der Waals surface area contributed by atoms with Crippen LogP contribution in [0.15, 0.2) is 36.4 Å². The molecule has 1 heterocycles. The molecule has 0 saturated heterocycles. The molecular formula is C19H20N4O3. The number of carbonyl (C=O) groups excluding carboxylic acids is 1. The van der Waals surface area contributed by atoms with Gasteiger partial charge in [-0.2, -0.15) is 0 Å². The molecule has 0 unspecified atom stereocenters. The van der Waals surface area contributed by atoms with E-state index in [1.54, 1.807) is 18.2 Å². The van der Waals surface area contributed by atoms with Crippen LogP contribution in [0.1, 0.15) is 35.1 Å². The molecule has 0 aliphatic heterocycles. The van der Waals surface area contributed by atoms with Gasteiger partial charge in [-0.3, -0.25) is 14.9 Å². The minimum atomic E-state index is -0.510. The lowest BCUT2D eigenvalue weighted by molar-refractivity contribution is -0.383. The van der Waals surface area contributed by atoms with Crippen LogP contribution in [0.25, 0.3) is 11.0 Å². The highest BCUT2D eigenvalue weighted by Crippen LogP contribution is 2.27. The number of nitrogens with one attached hydrogen (secondary N) is 1. The second kappa shape index (κ2) is 6.95. The fourth-order valence-corrected chi connectivity index (χ4v) is 3.16. The van der Waals surface area contributed by atoms with Gasteiger partial charge < -0.3 is 9.88 Å². The second-order valence-corrected chi connectivity index (χ2v) is 6.17. The van der Waals surface area contributed by atoms with Gasteiger partial charge in [-0.1, -0.05) is 19.1 Å². The number of aromatic nitrogens is 2. The van der Waals surface area contributed by atoms with Crippen LogP contribution in [0, 0.1) is 17.0 Å². The van der Waals surface area contributed by atoms with Gasteiger partial charge in [-0.05, 0) is 37.1 Å². The Labute approximate surface area is 150 Å². The van der Waals surface area contributed by atoms with E-state index < -0.39 is 4.92 Å². The lowest BCUT2D eigenvalue weighted by Crippen LogP contribution is -2.15. The summed E-state index contributed by atoms with van der Waals surface area (Å²) in [6, 6.07) is 9.63. The summed E-state index contributed by atoms with van der Waals surface area (Å²) in [6.07, 6.45) is 1.85.